The molecule has 0 radical (unpaired) electrons. The number of nitrogens with zero attached hydrogens (tertiary/aromatic N) is 2. The zero-order valence-electron chi connectivity index (χ0n) is 6.39. The van der Waals surface area contributed by atoms with E-state index in [1.54, 1.807) is 4.90 Å². The van der Waals surface area contributed by atoms with E-state index in [1.807, 2.05) is 6.92 Å². The minimum Gasteiger partial charge on any atom is -0.308 e. The molecule has 0 fully saturated rings. The first-order chi connectivity index (χ1) is 4.26. The van der Waals surface area contributed by atoms with Crippen molar-refractivity contribution in [1.29, 1.82) is 5.26 Å². The fraction of sp³-hybridized carbons (Fsp3) is 0.857. The standard InChI is InChI=1S/C7H14N2/c1-4-7(3)9(5-2)6-8/h7H,4-5H2,1-3H3. The second-order valence-corrected chi connectivity index (χ2v) is 2.14. The average Bonchev–Trinajstić information content (AvgIpc) is 1.90. The van der Waals surface area contributed by atoms with Gasteiger partial charge < -0.3 is 4.90 Å². The van der Waals surface area contributed by atoms with Gasteiger partial charge in [-0.3, -0.25) is 0 Å². The van der Waals surface area contributed by atoms with Gasteiger partial charge in [-0.2, -0.15) is 5.26 Å². The molecular weight excluding hydrogens is 112 g/mol. The second kappa shape index (κ2) is 4.20. The van der Waals surface area contributed by atoms with Crippen LogP contribution in [0.4, 0.5) is 0 Å². The molecule has 0 N–H and O–H groups in total. The molecule has 0 aromatic carbocycles. The Kier molecular flexibility index (Phi) is 3.87. The van der Waals surface area contributed by atoms with Crippen LogP contribution < -0.4 is 0 Å². The molecule has 0 amide bonds. The Labute approximate surface area is 57.1 Å². The van der Waals surface area contributed by atoms with Gasteiger partial charge in [-0.1, -0.05) is 6.92 Å². The lowest BCUT2D eigenvalue weighted by atomic mass is 10.2. The maximum absolute atomic E-state index is 8.50. The summed E-state index contributed by atoms with van der Waals surface area (Å²) >= 11 is 0. The zero-order valence-corrected chi connectivity index (χ0v) is 6.39. The van der Waals surface area contributed by atoms with Gasteiger partial charge in [-0.05, 0) is 20.3 Å². The first kappa shape index (κ1) is 8.29. The smallest absolute Gasteiger partial charge is 0.179 e. The Bertz CT molecular complexity index is 104. The third kappa shape index (κ3) is 2.36. The Morgan fingerprint density at radius 2 is 2.11 bits per heavy atom. The van der Waals surface area contributed by atoms with Crippen molar-refractivity contribution in [3.05, 3.63) is 0 Å². The summed E-state index contributed by atoms with van der Waals surface area (Å²) in [7, 11) is 0. The van der Waals surface area contributed by atoms with Crippen molar-refractivity contribution in [2.75, 3.05) is 6.54 Å². The molecule has 0 bridgehead atoms. The van der Waals surface area contributed by atoms with Gasteiger partial charge in [0.25, 0.3) is 0 Å². The summed E-state index contributed by atoms with van der Waals surface area (Å²) in [5.74, 6) is 0. The van der Waals surface area contributed by atoms with E-state index in [1.165, 1.54) is 0 Å². The molecule has 0 saturated heterocycles. The van der Waals surface area contributed by atoms with E-state index < -0.39 is 0 Å². The highest BCUT2D eigenvalue weighted by molar-refractivity contribution is 4.76. The normalized spacial score (nSPS) is 12.2. The molecule has 2 nitrogen and oxygen atoms in total. The summed E-state index contributed by atoms with van der Waals surface area (Å²) in [5, 5.41) is 8.50. The number of hydrogen-bond acceptors (Lipinski definition) is 2. The van der Waals surface area contributed by atoms with Crippen LogP contribution in [-0.2, 0) is 0 Å². The van der Waals surface area contributed by atoms with E-state index in [0.717, 1.165) is 13.0 Å². The van der Waals surface area contributed by atoms with Crippen LogP contribution in [-0.4, -0.2) is 17.5 Å². The largest absolute Gasteiger partial charge is 0.308 e. The van der Waals surface area contributed by atoms with Gasteiger partial charge in [-0.25, -0.2) is 0 Å². The van der Waals surface area contributed by atoms with E-state index in [4.69, 9.17) is 5.26 Å². The van der Waals surface area contributed by atoms with Crippen LogP contribution in [0, 0.1) is 11.5 Å². The summed E-state index contributed by atoms with van der Waals surface area (Å²) in [6.45, 7) is 6.97. The molecule has 2 heteroatoms. The molecule has 0 aliphatic heterocycles. The Balaban J connectivity index is 3.68. The van der Waals surface area contributed by atoms with Gasteiger partial charge in [0.1, 0.15) is 0 Å². The predicted octanol–water partition coefficient (Wildman–Crippen LogP) is 1.59. The van der Waals surface area contributed by atoms with Crippen molar-refractivity contribution in [1.82, 2.24) is 4.90 Å². The fourth-order valence-electron chi connectivity index (χ4n) is 0.701. The summed E-state index contributed by atoms with van der Waals surface area (Å²) in [4.78, 5) is 1.78. The molecule has 1 unspecified atom stereocenters. The first-order valence-corrected chi connectivity index (χ1v) is 3.42. The summed E-state index contributed by atoms with van der Waals surface area (Å²) in [6.07, 6.45) is 3.18. The van der Waals surface area contributed by atoms with Crippen LogP contribution in [0.1, 0.15) is 27.2 Å². The zero-order chi connectivity index (χ0) is 7.28. The first-order valence-electron chi connectivity index (χ1n) is 3.42. The summed E-state index contributed by atoms with van der Waals surface area (Å²) < 4.78 is 0. The quantitative estimate of drug-likeness (QED) is 0.424. The van der Waals surface area contributed by atoms with Crippen molar-refractivity contribution in [2.45, 2.75) is 33.2 Å². The highest BCUT2D eigenvalue weighted by atomic mass is 15.1. The van der Waals surface area contributed by atoms with Gasteiger partial charge in [0, 0.05) is 12.6 Å². The molecule has 0 aromatic rings. The van der Waals surface area contributed by atoms with E-state index >= 15 is 0 Å². The van der Waals surface area contributed by atoms with Crippen molar-refractivity contribution < 1.29 is 0 Å². The van der Waals surface area contributed by atoms with Crippen LogP contribution in [0.5, 0.6) is 0 Å². The lowest BCUT2D eigenvalue weighted by Crippen LogP contribution is -2.27. The predicted molar refractivity (Wildman–Crippen MR) is 37.7 cm³/mol. The minimum atomic E-state index is 0.403. The van der Waals surface area contributed by atoms with Crippen molar-refractivity contribution in [3.8, 4) is 6.19 Å². The van der Waals surface area contributed by atoms with E-state index in [-0.39, 0.29) is 0 Å². The Morgan fingerprint density at radius 1 is 1.56 bits per heavy atom. The van der Waals surface area contributed by atoms with Gasteiger partial charge >= 0.3 is 0 Å². The van der Waals surface area contributed by atoms with E-state index in [0.29, 0.717) is 6.04 Å². The van der Waals surface area contributed by atoms with Crippen molar-refractivity contribution in [3.63, 3.8) is 0 Å². The van der Waals surface area contributed by atoms with E-state index in [9.17, 15) is 0 Å². The fourth-order valence-corrected chi connectivity index (χ4v) is 0.701. The average molecular weight is 126 g/mol. The van der Waals surface area contributed by atoms with Gasteiger partial charge in [0.15, 0.2) is 6.19 Å². The number of rotatable bonds is 3. The summed E-state index contributed by atoms with van der Waals surface area (Å²) in [6, 6.07) is 0.403. The lowest BCUT2D eigenvalue weighted by Gasteiger charge is -2.19. The molecule has 0 saturated carbocycles. The minimum absolute atomic E-state index is 0.403. The van der Waals surface area contributed by atoms with Crippen LogP contribution in [0.15, 0.2) is 0 Å². The molecule has 0 aliphatic rings. The third-order valence-corrected chi connectivity index (χ3v) is 1.59. The lowest BCUT2D eigenvalue weighted by molar-refractivity contribution is 0.314. The molecule has 0 rings (SSSR count). The van der Waals surface area contributed by atoms with Gasteiger partial charge in [0.05, 0.1) is 0 Å². The molecule has 0 heterocycles. The van der Waals surface area contributed by atoms with Crippen molar-refractivity contribution in [2.24, 2.45) is 0 Å². The van der Waals surface area contributed by atoms with Crippen LogP contribution >= 0.6 is 0 Å². The third-order valence-electron chi connectivity index (χ3n) is 1.59. The molecule has 9 heavy (non-hydrogen) atoms. The van der Waals surface area contributed by atoms with Gasteiger partial charge in [-0.15, -0.1) is 0 Å². The molecular formula is C7H14N2. The molecule has 1 atom stereocenters. The topological polar surface area (TPSA) is 27.0 Å². The van der Waals surface area contributed by atoms with Crippen LogP contribution in [0.2, 0.25) is 0 Å². The molecule has 0 aromatic heterocycles. The molecule has 0 spiro atoms. The van der Waals surface area contributed by atoms with Crippen LogP contribution in [0.3, 0.4) is 0 Å². The Morgan fingerprint density at radius 3 is 2.22 bits per heavy atom. The Hall–Kier alpha value is -0.710. The highest BCUT2D eigenvalue weighted by Crippen LogP contribution is 1.99. The summed E-state index contributed by atoms with van der Waals surface area (Å²) in [5.41, 5.74) is 0. The SMILES string of the molecule is CCC(C)N(C#N)CC. The maximum atomic E-state index is 8.50. The molecule has 52 valence electrons. The van der Waals surface area contributed by atoms with Gasteiger partial charge in [0.2, 0.25) is 0 Å². The highest BCUT2D eigenvalue weighted by Gasteiger charge is 2.04. The second-order valence-electron chi connectivity index (χ2n) is 2.14. The van der Waals surface area contributed by atoms with Crippen LogP contribution in [0.25, 0.3) is 0 Å². The number of hydrogen-bond donors (Lipinski definition) is 0. The number of nitriles is 1. The van der Waals surface area contributed by atoms with E-state index in [2.05, 4.69) is 20.0 Å². The monoisotopic (exact) mass is 126 g/mol. The molecule has 0 aliphatic carbocycles. The van der Waals surface area contributed by atoms with Crippen molar-refractivity contribution >= 4 is 0 Å². The maximum Gasteiger partial charge on any atom is 0.179 e.